The predicted octanol–water partition coefficient (Wildman–Crippen LogP) is 3.84. The Morgan fingerprint density at radius 3 is 2.52 bits per heavy atom. The van der Waals surface area contributed by atoms with E-state index in [-0.39, 0.29) is 43.0 Å². The average Bonchev–Trinajstić information content (AvgIpc) is 3.23. The average molecular weight is 593 g/mol. The Morgan fingerprint density at radius 1 is 1.20 bits per heavy atom. The van der Waals surface area contributed by atoms with Crippen LogP contribution < -0.4 is 10.0 Å². The number of carbonyl (C=O) groups is 2. The molecule has 2 aromatic rings. The lowest BCUT2D eigenvalue weighted by Crippen LogP contribution is -2.63. The van der Waals surface area contributed by atoms with Gasteiger partial charge in [0, 0.05) is 30.1 Å². The van der Waals surface area contributed by atoms with E-state index in [4.69, 9.17) is 21.5 Å². The van der Waals surface area contributed by atoms with Crippen LogP contribution in [0.2, 0.25) is 5.02 Å². The number of para-hydroxylation sites is 2. The van der Waals surface area contributed by atoms with Gasteiger partial charge in [0.15, 0.2) is 4.90 Å². The van der Waals surface area contributed by atoms with Crippen LogP contribution in [0.5, 0.6) is 0 Å². The van der Waals surface area contributed by atoms with Gasteiger partial charge in [0.25, 0.3) is 5.69 Å². The molecule has 2 aliphatic rings. The minimum atomic E-state index is -4.43. The summed E-state index contributed by atoms with van der Waals surface area (Å²) in [5, 5.41) is 18.0. The summed E-state index contributed by atoms with van der Waals surface area (Å²) < 4.78 is 30.4. The predicted molar refractivity (Wildman–Crippen MR) is 150 cm³/mol. The number of esters is 1. The zero-order valence-electron chi connectivity index (χ0n) is 22.6. The van der Waals surface area contributed by atoms with Crippen LogP contribution >= 0.6 is 11.6 Å². The van der Waals surface area contributed by atoms with Crippen LogP contribution in [-0.4, -0.2) is 61.4 Å². The van der Waals surface area contributed by atoms with Gasteiger partial charge in [-0.15, -0.1) is 0 Å². The van der Waals surface area contributed by atoms with Crippen molar-refractivity contribution in [2.45, 2.75) is 62.5 Å². The molecule has 2 heterocycles. The summed E-state index contributed by atoms with van der Waals surface area (Å²) in [6.07, 6.45) is 0.916. The first kappa shape index (κ1) is 29.9. The molecule has 2 aliphatic heterocycles. The van der Waals surface area contributed by atoms with Crippen LogP contribution in [0.4, 0.5) is 11.4 Å². The number of cyclic esters (lactones) is 1. The highest BCUT2D eigenvalue weighted by atomic mass is 35.5. The van der Waals surface area contributed by atoms with Gasteiger partial charge in [0.05, 0.1) is 28.1 Å². The Morgan fingerprint density at radius 2 is 1.90 bits per heavy atom. The number of piperazine rings is 1. The topological polar surface area (TPSA) is 153 Å². The number of hydrogen-bond acceptors (Lipinski definition) is 8. The molecule has 0 spiro atoms. The summed E-state index contributed by atoms with van der Waals surface area (Å²) in [7, 11) is -4.43. The zero-order valence-corrected chi connectivity index (χ0v) is 24.2. The van der Waals surface area contributed by atoms with Crippen LogP contribution in [-0.2, 0) is 24.3 Å². The SMILES string of the molecule is CCC[C@@H]1C[C@@H]([C@H](CN2CC(=O)N(c3ccccc3Cl)CC2(C)C)c2cccc(S(N)(=O)=O)c2[N+](=O)[O-])OC1=O. The van der Waals surface area contributed by atoms with Gasteiger partial charge in [0.1, 0.15) is 6.10 Å². The van der Waals surface area contributed by atoms with Crippen LogP contribution in [0.1, 0.15) is 51.5 Å². The molecule has 216 valence electrons. The summed E-state index contributed by atoms with van der Waals surface area (Å²) in [5.41, 5.74) is -0.600. The number of anilines is 1. The summed E-state index contributed by atoms with van der Waals surface area (Å²) in [6, 6.07) is 11.0. The van der Waals surface area contributed by atoms with Crippen molar-refractivity contribution in [2.24, 2.45) is 11.1 Å². The lowest BCUT2D eigenvalue weighted by Gasteiger charge is -2.48. The van der Waals surface area contributed by atoms with Crippen molar-refractivity contribution in [1.82, 2.24) is 4.90 Å². The fourth-order valence-corrected chi connectivity index (χ4v) is 6.63. The largest absolute Gasteiger partial charge is 0.461 e. The van der Waals surface area contributed by atoms with Crippen LogP contribution in [0.15, 0.2) is 47.4 Å². The lowest BCUT2D eigenvalue weighted by atomic mass is 9.85. The molecule has 0 radical (unpaired) electrons. The van der Waals surface area contributed by atoms with Crippen LogP contribution in [0, 0.1) is 16.0 Å². The summed E-state index contributed by atoms with van der Waals surface area (Å²) in [4.78, 5) is 40.4. The first-order valence-electron chi connectivity index (χ1n) is 13.0. The Hall–Kier alpha value is -3.06. The van der Waals surface area contributed by atoms with E-state index in [9.17, 15) is 28.1 Å². The highest BCUT2D eigenvalue weighted by Crippen LogP contribution is 2.42. The molecule has 13 heteroatoms. The van der Waals surface area contributed by atoms with E-state index >= 15 is 0 Å². The number of rotatable bonds is 9. The number of sulfonamides is 1. The quantitative estimate of drug-likeness (QED) is 0.262. The van der Waals surface area contributed by atoms with Crippen LogP contribution in [0.3, 0.4) is 0 Å². The normalized spacial score (nSPS) is 22.3. The van der Waals surface area contributed by atoms with Gasteiger partial charge in [0.2, 0.25) is 15.9 Å². The molecule has 3 atom stereocenters. The Balaban J connectivity index is 1.75. The molecule has 2 aromatic carbocycles. The van der Waals surface area contributed by atoms with Crippen molar-refractivity contribution in [3.05, 3.63) is 63.2 Å². The van der Waals surface area contributed by atoms with Crippen molar-refractivity contribution in [2.75, 3.05) is 24.5 Å². The van der Waals surface area contributed by atoms with Crippen molar-refractivity contribution in [1.29, 1.82) is 0 Å². The molecule has 0 aliphatic carbocycles. The first-order valence-corrected chi connectivity index (χ1v) is 15.0. The number of benzene rings is 2. The van der Waals surface area contributed by atoms with Gasteiger partial charge in [-0.3, -0.25) is 24.6 Å². The number of amides is 1. The molecule has 2 N–H and O–H groups in total. The van der Waals surface area contributed by atoms with E-state index < -0.39 is 43.1 Å². The van der Waals surface area contributed by atoms with Gasteiger partial charge >= 0.3 is 5.97 Å². The molecule has 2 fully saturated rings. The minimum absolute atomic E-state index is 0.0313. The maximum Gasteiger partial charge on any atom is 0.309 e. The van der Waals surface area contributed by atoms with Crippen molar-refractivity contribution in [3.8, 4) is 0 Å². The third-order valence-corrected chi connectivity index (χ3v) is 8.97. The van der Waals surface area contributed by atoms with Gasteiger partial charge in [-0.25, -0.2) is 13.6 Å². The number of nitrogens with zero attached hydrogens (tertiary/aromatic N) is 3. The lowest BCUT2D eigenvalue weighted by molar-refractivity contribution is -0.388. The highest BCUT2D eigenvalue weighted by molar-refractivity contribution is 7.89. The summed E-state index contributed by atoms with van der Waals surface area (Å²) in [6.45, 7) is 6.18. The number of ether oxygens (including phenoxy) is 1. The molecule has 0 unspecified atom stereocenters. The second-order valence-electron chi connectivity index (χ2n) is 10.9. The minimum Gasteiger partial charge on any atom is -0.461 e. The second-order valence-corrected chi connectivity index (χ2v) is 12.9. The molecule has 0 saturated carbocycles. The molecule has 1 amide bonds. The summed E-state index contributed by atoms with van der Waals surface area (Å²) >= 11 is 6.38. The highest BCUT2D eigenvalue weighted by Gasteiger charge is 2.46. The molecule has 0 aromatic heterocycles. The van der Waals surface area contributed by atoms with E-state index in [2.05, 4.69) is 0 Å². The van der Waals surface area contributed by atoms with E-state index in [1.54, 1.807) is 29.2 Å². The van der Waals surface area contributed by atoms with Crippen molar-refractivity contribution >= 4 is 44.9 Å². The number of primary sulfonamides is 1. The van der Waals surface area contributed by atoms with Crippen molar-refractivity contribution in [3.63, 3.8) is 0 Å². The maximum absolute atomic E-state index is 13.4. The fraction of sp³-hybridized carbons (Fsp3) is 0.481. The third-order valence-electron chi connectivity index (χ3n) is 7.71. The first-order chi connectivity index (χ1) is 18.7. The Kier molecular flexibility index (Phi) is 8.55. The van der Waals surface area contributed by atoms with Gasteiger partial charge in [-0.1, -0.05) is 49.2 Å². The van der Waals surface area contributed by atoms with Gasteiger partial charge in [-0.05, 0) is 44.9 Å². The smallest absolute Gasteiger partial charge is 0.309 e. The second kappa shape index (κ2) is 11.4. The molecule has 2 saturated heterocycles. The standard InChI is InChI=1S/C27H33ClN4O7S/c1-4-8-17-13-22(39-26(17)34)19(18-9-7-12-23(40(29,37)38)25(18)32(35)36)14-30-15-24(33)31(16-27(30,2)3)21-11-6-5-10-20(21)28/h5-7,9-12,17,19,22H,4,8,13-16H2,1-3H3,(H2,29,37,38)/t17-,19-,22+/m1/s1. The zero-order chi connectivity index (χ0) is 29.4. The number of nitrogens with two attached hydrogens (primary N) is 1. The molecular weight excluding hydrogens is 560 g/mol. The molecule has 4 rings (SSSR count). The number of nitro groups is 1. The number of nitro benzene ring substituents is 1. The van der Waals surface area contributed by atoms with Crippen LogP contribution in [0.25, 0.3) is 0 Å². The molecular formula is C27H33ClN4O7S. The number of carbonyl (C=O) groups excluding carboxylic acids is 2. The van der Waals surface area contributed by atoms with E-state index in [1.165, 1.54) is 12.1 Å². The van der Waals surface area contributed by atoms with Crippen molar-refractivity contribution < 1.29 is 27.7 Å². The van der Waals surface area contributed by atoms with E-state index in [0.717, 1.165) is 12.5 Å². The molecule has 11 nitrogen and oxygen atoms in total. The fourth-order valence-electron chi connectivity index (χ4n) is 5.66. The molecule has 0 bridgehead atoms. The van der Waals surface area contributed by atoms with Gasteiger partial charge < -0.3 is 9.64 Å². The Labute approximate surface area is 238 Å². The molecule has 40 heavy (non-hydrogen) atoms. The Bertz CT molecular complexity index is 1430. The number of hydrogen-bond donors (Lipinski definition) is 1. The summed E-state index contributed by atoms with van der Waals surface area (Å²) in [5.74, 6) is -1.77. The van der Waals surface area contributed by atoms with Gasteiger partial charge in [-0.2, -0.15) is 0 Å². The van der Waals surface area contributed by atoms with E-state index in [1.807, 2.05) is 25.7 Å². The number of halogens is 1. The maximum atomic E-state index is 13.4. The van der Waals surface area contributed by atoms with E-state index in [0.29, 0.717) is 23.6 Å². The monoisotopic (exact) mass is 592 g/mol. The third kappa shape index (κ3) is 5.99.